The number of carboxylic acids is 2. The lowest BCUT2D eigenvalue weighted by molar-refractivity contribution is -0.139. The number of benzene rings is 1. The molecule has 1 aliphatic heterocycles. The topological polar surface area (TPSA) is 139 Å². The van der Waals surface area contributed by atoms with E-state index in [1.807, 2.05) is 0 Å². The molecule has 8 heteroatoms. The minimum absolute atomic E-state index is 0.135. The Morgan fingerprint density at radius 3 is 2.64 bits per heavy atom. The highest BCUT2D eigenvalue weighted by atomic mass is 16.4. The van der Waals surface area contributed by atoms with Crippen LogP contribution in [0.25, 0.3) is 0 Å². The van der Waals surface area contributed by atoms with E-state index in [4.69, 9.17) is 10.2 Å². The molecule has 134 valence electrons. The van der Waals surface area contributed by atoms with Gasteiger partial charge in [-0.1, -0.05) is 12.1 Å². The van der Waals surface area contributed by atoms with Crippen LogP contribution in [-0.4, -0.2) is 51.5 Å². The Hall–Kier alpha value is -3.00. The van der Waals surface area contributed by atoms with Crippen molar-refractivity contribution in [2.45, 2.75) is 18.9 Å². The van der Waals surface area contributed by atoms with E-state index in [1.165, 1.54) is 18.2 Å². The Balaban J connectivity index is 1.87. The molecule has 0 unspecified atom stereocenters. The van der Waals surface area contributed by atoms with Crippen LogP contribution in [0.5, 0.6) is 11.5 Å². The molecule has 0 saturated carbocycles. The zero-order chi connectivity index (χ0) is 18.4. The highest BCUT2D eigenvalue weighted by Gasteiger charge is 2.26. The summed E-state index contributed by atoms with van der Waals surface area (Å²) in [7, 11) is 0. The van der Waals surface area contributed by atoms with Gasteiger partial charge in [0, 0.05) is 13.0 Å². The van der Waals surface area contributed by atoms with Crippen LogP contribution >= 0.6 is 0 Å². The number of carboxylic acid groups (broad SMARTS) is 2. The average molecular weight is 348 g/mol. The highest BCUT2D eigenvalue weighted by Crippen LogP contribution is 2.24. The number of carbonyl (C=O) groups is 2. The van der Waals surface area contributed by atoms with E-state index < -0.39 is 18.0 Å². The summed E-state index contributed by atoms with van der Waals surface area (Å²) >= 11 is 0. The quantitative estimate of drug-likeness (QED) is 0.311. The molecular weight excluding hydrogens is 328 g/mol. The first-order valence-corrected chi connectivity index (χ1v) is 7.71. The molecule has 0 radical (unpaired) electrons. The van der Waals surface area contributed by atoms with Gasteiger partial charge in [0.25, 0.3) is 0 Å². The number of rotatable bonds is 7. The van der Waals surface area contributed by atoms with Crippen molar-refractivity contribution in [2.75, 3.05) is 13.1 Å². The molecule has 8 nitrogen and oxygen atoms in total. The first-order valence-electron chi connectivity index (χ1n) is 7.71. The van der Waals surface area contributed by atoms with Gasteiger partial charge in [-0.3, -0.25) is 0 Å². The van der Waals surface area contributed by atoms with Crippen molar-refractivity contribution in [3.63, 3.8) is 0 Å². The molecule has 6 N–H and O–H groups in total. The number of nitrogens with one attached hydrogen (secondary N) is 2. The molecule has 1 aliphatic rings. The molecule has 2 rings (SSSR count). The van der Waals surface area contributed by atoms with Crippen LogP contribution in [-0.2, 0) is 16.0 Å². The fraction of sp³-hybridized carbons (Fsp3) is 0.294. The van der Waals surface area contributed by atoms with E-state index in [1.54, 1.807) is 12.1 Å². The van der Waals surface area contributed by atoms with Crippen molar-refractivity contribution >= 4 is 11.9 Å². The molecule has 0 aromatic heterocycles. The fourth-order valence-electron chi connectivity index (χ4n) is 2.44. The highest BCUT2D eigenvalue weighted by molar-refractivity contribution is 5.89. The number of aromatic hydroxyl groups is 2. The maximum atomic E-state index is 11.1. The Morgan fingerprint density at radius 1 is 1.24 bits per heavy atom. The summed E-state index contributed by atoms with van der Waals surface area (Å²) in [4.78, 5) is 22.1. The van der Waals surface area contributed by atoms with Crippen LogP contribution in [0.2, 0.25) is 0 Å². The third-order valence-electron chi connectivity index (χ3n) is 3.77. The maximum absolute atomic E-state index is 11.1. The molecule has 0 spiro atoms. The van der Waals surface area contributed by atoms with E-state index in [0.29, 0.717) is 25.1 Å². The van der Waals surface area contributed by atoms with Crippen molar-refractivity contribution in [1.29, 1.82) is 0 Å². The second kappa shape index (κ2) is 8.20. The van der Waals surface area contributed by atoms with E-state index in [2.05, 4.69) is 10.6 Å². The van der Waals surface area contributed by atoms with Gasteiger partial charge in [0.05, 0.1) is 0 Å². The summed E-state index contributed by atoms with van der Waals surface area (Å²) in [5, 5.41) is 42.4. The average Bonchev–Trinajstić information content (AvgIpc) is 2.57. The van der Waals surface area contributed by atoms with Gasteiger partial charge in [-0.2, -0.15) is 0 Å². The molecule has 0 bridgehead atoms. The summed E-state index contributed by atoms with van der Waals surface area (Å²) in [6.07, 6.45) is 4.03. The Kier molecular flexibility index (Phi) is 6.02. The van der Waals surface area contributed by atoms with Gasteiger partial charge in [0.1, 0.15) is 11.7 Å². The third-order valence-corrected chi connectivity index (χ3v) is 3.77. The van der Waals surface area contributed by atoms with Crippen LogP contribution in [0.15, 0.2) is 41.6 Å². The van der Waals surface area contributed by atoms with Crippen molar-refractivity contribution in [1.82, 2.24) is 10.6 Å². The van der Waals surface area contributed by atoms with Gasteiger partial charge in [-0.15, -0.1) is 0 Å². The second-order valence-electron chi connectivity index (χ2n) is 5.66. The van der Waals surface area contributed by atoms with Crippen LogP contribution in [0.1, 0.15) is 12.0 Å². The molecule has 1 aromatic rings. The van der Waals surface area contributed by atoms with Gasteiger partial charge in [-0.05, 0) is 42.3 Å². The predicted molar refractivity (Wildman–Crippen MR) is 89.3 cm³/mol. The van der Waals surface area contributed by atoms with Crippen molar-refractivity contribution < 1.29 is 30.0 Å². The lowest BCUT2D eigenvalue weighted by Crippen LogP contribution is -2.41. The molecule has 1 heterocycles. The lowest BCUT2D eigenvalue weighted by atomic mass is 10.00. The number of allylic oxidation sites excluding steroid dienone is 1. The first-order chi connectivity index (χ1) is 11.9. The number of phenolic OH excluding ortho intramolecular Hbond substituents is 2. The molecule has 1 atom stereocenters. The van der Waals surface area contributed by atoms with Crippen molar-refractivity contribution in [2.24, 2.45) is 0 Å². The summed E-state index contributed by atoms with van der Waals surface area (Å²) in [5.41, 5.74) is 1.36. The molecule has 0 fully saturated rings. The van der Waals surface area contributed by atoms with Crippen molar-refractivity contribution in [3.8, 4) is 11.5 Å². The van der Waals surface area contributed by atoms with Crippen LogP contribution < -0.4 is 10.6 Å². The first kappa shape index (κ1) is 18.3. The van der Waals surface area contributed by atoms with E-state index in [-0.39, 0.29) is 23.6 Å². The molecule has 0 aliphatic carbocycles. The molecule has 1 aromatic carbocycles. The maximum Gasteiger partial charge on any atom is 0.351 e. The Bertz CT molecular complexity index is 726. The lowest BCUT2D eigenvalue weighted by Gasteiger charge is -2.22. The summed E-state index contributed by atoms with van der Waals surface area (Å²) < 4.78 is 0. The number of phenols is 2. The Labute approximate surface area is 144 Å². The minimum Gasteiger partial charge on any atom is -0.504 e. The van der Waals surface area contributed by atoms with Gasteiger partial charge < -0.3 is 31.1 Å². The fourth-order valence-corrected chi connectivity index (χ4v) is 2.44. The normalized spacial score (nSPS) is 18.5. The second-order valence-corrected chi connectivity index (χ2v) is 5.66. The number of aliphatic carboxylic acids is 2. The van der Waals surface area contributed by atoms with Crippen molar-refractivity contribution in [3.05, 3.63) is 47.2 Å². The smallest absolute Gasteiger partial charge is 0.351 e. The van der Waals surface area contributed by atoms with E-state index in [9.17, 15) is 19.8 Å². The number of hydrogen-bond donors (Lipinski definition) is 6. The monoisotopic (exact) mass is 348 g/mol. The molecule has 25 heavy (non-hydrogen) atoms. The van der Waals surface area contributed by atoms with Gasteiger partial charge >= 0.3 is 11.9 Å². The van der Waals surface area contributed by atoms with Crippen LogP contribution in [0.4, 0.5) is 0 Å². The molecular formula is C17H20N2O6. The zero-order valence-electron chi connectivity index (χ0n) is 13.4. The SMILES string of the molecule is O=C(O)C1=C/C(=C/CNCCc2ccc(O)c(O)c2)C[C@H](C(=O)O)N1. The zero-order valence-corrected chi connectivity index (χ0v) is 13.4. The largest absolute Gasteiger partial charge is 0.504 e. The predicted octanol–water partition coefficient (Wildman–Crippen LogP) is 0.571. The molecule has 0 amide bonds. The van der Waals surface area contributed by atoms with E-state index in [0.717, 1.165) is 5.56 Å². The van der Waals surface area contributed by atoms with Crippen LogP contribution in [0.3, 0.4) is 0 Å². The number of hydrogen-bond acceptors (Lipinski definition) is 6. The van der Waals surface area contributed by atoms with Gasteiger partial charge in [0.15, 0.2) is 11.5 Å². The van der Waals surface area contributed by atoms with Gasteiger partial charge in [0.2, 0.25) is 0 Å². The molecule has 0 saturated heterocycles. The van der Waals surface area contributed by atoms with E-state index >= 15 is 0 Å². The van der Waals surface area contributed by atoms with Gasteiger partial charge in [-0.25, -0.2) is 9.59 Å². The minimum atomic E-state index is -1.20. The summed E-state index contributed by atoms with van der Waals surface area (Å²) in [6.45, 7) is 1.05. The van der Waals surface area contributed by atoms with Crippen LogP contribution in [0, 0.1) is 0 Å². The summed E-state index contributed by atoms with van der Waals surface area (Å²) in [5.74, 6) is -2.63. The Morgan fingerprint density at radius 2 is 2.00 bits per heavy atom. The third kappa shape index (κ3) is 5.25. The summed E-state index contributed by atoms with van der Waals surface area (Å²) in [6, 6.07) is 3.66. The standard InChI is InChI=1S/C17H20N2O6/c20-14-2-1-10(9-15(14)21)3-5-18-6-4-11-7-12(16(22)23)19-13(8-11)17(24)25/h1-2,4,7,9,13,18-21H,3,5-6,8H2,(H,22,23)(H,24,25)/b11-4-/t13-/m1/s1.